The van der Waals surface area contributed by atoms with Crippen molar-refractivity contribution in [1.29, 1.82) is 0 Å². The average Bonchev–Trinajstić information content (AvgIpc) is 3.09. The molecule has 2 aliphatic heterocycles. The molecule has 0 atom stereocenters. The molecule has 0 radical (unpaired) electrons. The van der Waals surface area contributed by atoms with Crippen LogP contribution in [0.3, 0.4) is 0 Å². The molecule has 3 aromatic carbocycles. The number of primary amides is 1. The molecule has 0 aliphatic carbocycles. The van der Waals surface area contributed by atoms with Crippen LogP contribution in [0.5, 0.6) is 0 Å². The molecule has 0 saturated carbocycles. The highest BCUT2D eigenvalue weighted by atomic mass is 16.5. The summed E-state index contributed by atoms with van der Waals surface area (Å²) in [7, 11) is 2.19. The van der Waals surface area contributed by atoms with Gasteiger partial charge in [0.1, 0.15) is 0 Å². The third-order valence-electron chi connectivity index (χ3n) is 8.79. The number of carbonyl (C=O) groups excluding carboxylic acids is 1. The van der Waals surface area contributed by atoms with Crippen LogP contribution in [0, 0.1) is 0 Å². The van der Waals surface area contributed by atoms with E-state index in [0.29, 0.717) is 23.8 Å². The van der Waals surface area contributed by atoms with Gasteiger partial charge in [0.15, 0.2) is 17.3 Å². The van der Waals surface area contributed by atoms with Crippen LogP contribution in [-0.4, -0.2) is 91.7 Å². The number of anilines is 5. The number of amides is 1. The van der Waals surface area contributed by atoms with Gasteiger partial charge in [-0.2, -0.15) is 0 Å². The van der Waals surface area contributed by atoms with Crippen LogP contribution in [-0.2, 0) is 17.6 Å². The van der Waals surface area contributed by atoms with Crippen LogP contribution in [0.2, 0.25) is 0 Å². The fourth-order valence-electron chi connectivity index (χ4n) is 5.89. The van der Waals surface area contributed by atoms with E-state index in [4.69, 9.17) is 15.5 Å². The van der Waals surface area contributed by atoms with Gasteiger partial charge < -0.3 is 35.8 Å². The van der Waals surface area contributed by atoms with Crippen LogP contribution < -0.4 is 21.3 Å². The number of nitrogens with one attached hydrogen (secondary N) is 2. The molecule has 0 unspecified atom stereocenters. The Labute approximate surface area is 271 Å². The van der Waals surface area contributed by atoms with Gasteiger partial charge in [0.05, 0.1) is 18.9 Å². The zero-order valence-corrected chi connectivity index (χ0v) is 26.8. The van der Waals surface area contributed by atoms with Gasteiger partial charge in [-0.15, -0.1) is 0 Å². The minimum atomic E-state index is -0.629. The van der Waals surface area contributed by atoms with Gasteiger partial charge in [0.25, 0.3) is 5.91 Å². The van der Waals surface area contributed by atoms with Crippen molar-refractivity contribution in [1.82, 2.24) is 19.8 Å². The highest BCUT2D eigenvalue weighted by Gasteiger charge is 2.18. The lowest BCUT2D eigenvalue weighted by molar-refractivity contribution is 0.0996. The third-order valence-corrected chi connectivity index (χ3v) is 8.79. The van der Waals surface area contributed by atoms with Gasteiger partial charge in [0.2, 0.25) is 0 Å². The number of aryl methyl sites for hydroxylation is 1. The second kappa shape index (κ2) is 14.7. The number of aromatic nitrogens is 2. The molecule has 0 spiro atoms. The van der Waals surface area contributed by atoms with E-state index < -0.39 is 5.91 Å². The summed E-state index contributed by atoms with van der Waals surface area (Å²) >= 11 is 0. The smallest absolute Gasteiger partial charge is 0.271 e. The number of morpholine rings is 1. The van der Waals surface area contributed by atoms with Gasteiger partial charge in [0, 0.05) is 62.9 Å². The number of piperazine rings is 1. The maximum atomic E-state index is 12.4. The molecular formula is C36H44N8O2. The first-order valence-corrected chi connectivity index (χ1v) is 16.2. The highest BCUT2D eigenvalue weighted by molar-refractivity contribution is 5.96. The molecule has 4 N–H and O–H groups in total. The predicted molar refractivity (Wildman–Crippen MR) is 185 cm³/mol. The van der Waals surface area contributed by atoms with Crippen molar-refractivity contribution < 1.29 is 9.53 Å². The van der Waals surface area contributed by atoms with Crippen molar-refractivity contribution in [3.8, 4) is 11.1 Å². The van der Waals surface area contributed by atoms with Crippen molar-refractivity contribution in [2.24, 2.45) is 5.73 Å². The molecule has 2 saturated heterocycles. The maximum Gasteiger partial charge on any atom is 0.271 e. The molecule has 0 bridgehead atoms. The highest BCUT2D eigenvalue weighted by Crippen LogP contribution is 2.28. The summed E-state index contributed by atoms with van der Waals surface area (Å²) in [6.07, 6.45) is 1.65. The van der Waals surface area contributed by atoms with E-state index >= 15 is 0 Å². The Morgan fingerprint density at radius 3 is 1.98 bits per heavy atom. The molecule has 2 fully saturated rings. The normalized spacial score (nSPS) is 15.9. The standard InChI is InChI=1S/C36H44N8O2/c1-3-32-35(41-36(33(40-32)34(37)45)39-30-12-14-31(15-13-30)44-22-24-46-25-23-44)38-29-10-8-28(9-11-29)27-6-4-26(5-7-27)16-17-43-20-18-42(2)19-21-43/h4-15H,3,16-25H2,1-2H3,(H2,37,45)(H2,38,39,41). The maximum absolute atomic E-state index is 12.4. The number of hydrogen-bond acceptors (Lipinski definition) is 9. The predicted octanol–water partition coefficient (Wildman–Crippen LogP) is 4.92. The summed E-state index contributed by atoms with van der Waals surface area (Å²) in [5, 5.41) is 6.68. The first-order chi connectivity index (χ1) is 22.4. The Kier molecular flexibility index (Phi) is 10.1. The Balaban J connectivity index is 1.13. The Hall–Kier alpha value is -4.51. The number of ether oxygens (including phenoxy) is 1. The van der Waals surface area contributed by atoms with Crippen molar-refractivity contribution in [2.75, 3.05) is 81.6 Å². The Morgan fingerprint density at radius 2 is 1.37 bits per heavy atom. The largest absolute Gasteiger partial charge is 0.378 e. The number of carbonyl (C=O) groups is 1. The molecule has 240 valence electrons. The lowest BCUT2D eigenvalue weighted by atomic mass is 10.0. The molecule has 6 rings (SSSR count). The Morgan fingerprint density at radius 1 is 0.783 bits per heavy atom. The number of rotatable bonds is 11. The zero-order chi connectivity index (χ0) is 31.9. The summed E-state index contributed by atoms with van der Waals surface area (Å²) in [6, 6.07) is 25.2. The molecule has 1 amide bonds. The fraction of sp³-hybridized carbons (Fsp3) is 0.361. The number of hydrogen-bond donors (Lipinski definition) is 3. The van der Waals surface area contributed by atoms with Gasteiger partial charge in [-0.25, -0.2) is 9.97 Å². The van der Waals surface area contributed by atoms with Crippen LogP contribution in [0.25, 0.3) is 11.1 Å². The van der Waals surface area contributed by atoms with Gasteiger partial charge in [-0.1, -0.05) is 43.3 Å². The zero-order valence-electron chi connectivity index (χ0n) is 26.8. The lowest BCUT2D eigenvalue weighted by Gasteiger charge is -2.32. The molecule has 10 heteroatoms. The summed E-state index contributed by atoms with van der Waals surface area (Å²) in [5.41, 5.74) is 13.0. The fourth-order valence-corrected chi connectivity index (χ4v) is 5.89. The first kappa shape index (κ1) is 31.5. The van der Waals surface area contributed by atoms with Crippen molar-refractivity contribution in [3.63, 3.8) is 0 Å². The summed E-state index contributed by atoms with van der Waals surface area (Å²) in [6.45, 7) is 10.9. The second-order valence-electron chi connectivity index (χ2n) is 12.0. The van der Waals surface area contributed by atoms with Crippen LogP contribution in [0.1, 0.15) is 28.7 Å². The van der Waals surface area contributed by atoms with E-state index in [2.05, 4.69) is 73.8 Å². The number of nitrogens with zero attached hydrogens (tertiary/aromatic N) is 5. The van der Waals surface area contributed by atoms with Crippen molar-refractivity contribution in [2.45, 2.75) is 19.8 Å². The molecule has 2 aliphatic rings. The lowest BCUT2D eigenvalue weighted by Crippen LogP contribution is -2.45. The number of likely N-dealkylation sites (N-methyl/N-ethyl adjacent to an activating group) is 1. The quantitative estimate of drug-likeness (QED) is 0.215. The molecule has 1 aromatic heterocycles. The summed E-state index contributed by atoms with van der Waals surface area (Å²) in [5.74, 6) is 0.268. The molecule has 3 heterocycles. The minimum Gasteiger partial charge on any atom is -0.378 e. The van der Waals surface area contributed by atoms with Crippen LogP contribution in [0.15, 0.2) is 72.8 Å². The molecule has 10 nitrogen and oxygen atoms in total. The van der Waals surface area contributed by atoms with E-state index in [1.165, 1.54) is 11.1 Å². The van der Waals surface area contributed by atoms with E-state index in [0.717, 1.165) is 88.1 Å². The summed E-state index contributed by atoms with van der Waals surface area (Å²) < 4.78 is 5.47. The molecule has 4 aromatic rings. The van der Waals surface area contributed by atoms with E-state index in [-0.39, 0.29) is 5.69 Å². The van der Waals surface area contributed by atoms with E-state index in [1.54, 1.807) is 0 Å². The van der Waals surface area contributed by atoms with Gasteiger partial charge in [-0.05, 0) is 73.0 Å². The van der Waals surface area contributed by atoms with Crippen LogP contribution in [0.4, 0.5) is 28.7 Å². The van der Waals surface area contributed by atoms with E-state index in [1.807, 2.05) is 43.3 Å². The van der Waals surface area contributed by atoms with Crippen molar-refractivity contribution >= 4 is 34.6 Å². The van der Waals surface area contributed by atoms with Crippen molar-refractivity contribution in [3.05, 3.63) is 89.7 Å². The van der Waals surface area contributed by atoms with Gasteiger partial charge in [-0.3, -0.25) is 4.79 Å². The van der Waals surface area contributed by atoms with Crippen LogP contribution >= 0.6 is 0 Å². The molecular weight excluding hydrogens is 576 g/mol. The minimum absolute atomic E-state index is 0.113. The third kappa shape index (κ3) is 7.82. The second-order valence-corrected chi connectivity index (χ2v) is 12.0. The number of benzene rings is 3. The topological polar surface area (TPSA) is 112 Å². The van der Waals surface area contributed by atoms with Gasteiger partial charge >= 0.3 is 0 Å². The monoisotopic (exact) mass is 620 g/mol. The Bertz CT molecular complexity index is 1600. The number of nitrogens with two attached hydrogens (primary N) is 1. The van der Waals surface area contributed by atoms with E-state index in [9.17, 15) is 4.79 Å². The summed E-state index contributed by atoms with van der Waals surface area (Å²) in [4.78, 5) is 29.0. The SMILES string of the molecule is CCc1nc(C(N)=O)c(Nc2ccc(N3CCOCC3)cc2)nc1Nc1ccc(-c2ccc(CCN3CCN(C)CC3)cc2)cc1. The first-order valence-electron chi connectivity index (χ1n) is 16.2. The molecule has 46 heavy (non-hydrogen) atoms. The average molecular weight is 621 g/mol.